The van der Waals surface area contributed by atoms with Crippen LogP contribution in [0.3, 0.4) is 0 Å². The van der Waals surface area contributed by atoms with Crippen molar-refractivity contribution in [3.8, 4) is 0 Å². The van der Waals surface area contributed by atoms with Gasteiger partial charge in [0.05, 0.1) is 5.25 Å². The SMILES string of the molecule is CCSc1nnc(S[C@@H](C)C(=O)Nc2ccc(C(C)=O)cc2)s1. The first-order valence-electron chi connectivity index (χ1n) is 7.04. The van der Waals surface area contributed by atoms with E-state index in [1.165, 1.54) is 30.0 Å². The Morgan fingerprint density at radius 3 is 2.48 bits per heavy atom. The number of nitrogens with one attached hydrogen (secondary N) is 1. The van der Waals surface area contributed by atoms with E-state index in [0.717, 1.165) is 14.4 Å². The van der Waals surface area contributed by atoms with Gasteiger partial charge in [-0.1, -0.05) is 41.8 Å². The Hall–Kier alpha value is -1.38. The molecule has 23 heavy (non-hydrogen) atoms. The lowest BCUT2D eigenvalue weighted by molar-refractivity contribution is -0.115. The monoisotopic (exact) mass is 367 g/mol. The summed E-state index contributed by atoms with van der Waals surface area (Å²) in [5, 5.41) is 10.7. The summed E-state index contributed by atoms with van der Waals surface area (Å²) in [6, 6.07) is 6.86. The Labute approximate surface area is 147 Å². The van der Waals surface area contributed by atoms with E-state index < -0.39 is 0 Å². The maximum absolute atomic E-state index is 12.2. The molecule has 0 saturated heterocycles. The summed E-state index contributed by atoms with van der Waals surface area (Å²) < 4.78 is 1.71. The predicted octanol–water partition coefficient (Wildman–Crippen LogP) is 3.97. The molecule has 0 saturated carbocycles. The number of rotatable bonds is 7. The number of hydrogen-bond acceptors (Lipinski definition) is 7. The summed E-state index contributed by atoms with van der Waals surface area (Å²) >= 11 is 4.53. The third-order valence-electron chi connectivity index (χ3n) is 2.86. The summed E-state index contributed by atoms with van der Waals surface area (Å²) in [7, 11) is 0. The maximum Gasteiger partial charge on any atom is 0.237 e. The fourth-order valence-corrected chi connectivity index (χ4v) is 4.72. The average Bonchev–Trinajstić information content (AvgIpc) is 2.95. The lowest BCUT2D eigenvalue weighted by Gasteiger charge is -2.10. The summed E-state index contributed by atoms with van der Waals surface area (Å²) in [6.45, 7) is 5.41. The van der Waals surface area contributed by atoms with Gasteiger partial charge in [-0.15, -0.1) is 10.2 Å². The van der Waals surface area contributed by atoms with Gasteiger partial charge in [0.15, 0.2) is 14.5 Å². The molecule has 1 aromatic heterocycles. The molecule has 1 N–H and O–H groups in total. The van der Waals surface area contributed by atoms with Crippen molar-refractivity contribution in [2.45, 2.75) is 34.7 Å². The first kappa shape index (κ1) is 18.0. The number of aromatic nitrogens is 2. The van der Waals surface area contributed by atoms with E-state index >= 15 is 0 Å². The van der Waals surface area contributed by atoms with Crippen LogP contribution in [0, 0.1) is 0 Å². The molecule has 1 atom stereocenters. The molecule has 5 nitrogen and oxygen atoms in total. The summed E-state index contributed by atoms with van der Waals surface area (Å²) in [5.74, 6) is 0.847. The van der Waals surface area contributed by atoms with E-state index in [1.807, 2.05) is 6.92 Å². The molecule has 0 radical (unpaired) electrons. The van der Waals surface area contributed by atoms with Crippen LogP contribution < -0.4 is 5.32 Å². The second-order valence-corrected chi connectivity index (χ2v) is 8.73. The van der Waals surface area contributed by atoms with Crippen molar-refractivity contribution >= 4 is 52.2 Å². The fraction of sp³-hybridized carbons (Fsp3) is 0.333. The number of Topliss-reactive ketones (excluding diaryl/α,β-unsaturated/α-hetero) is 1. The van der Waals surface area contributed by atoms with Crippen LogP contribution in [0.4, 0.5) is 5.69 Å². The second kappa shape index (κ2) is 8.47. The van der Waals surface area contributed by atoms with Gasteiger partial charge in [-0.05, 0) is 43.9 Å². The van der Waals surface area contributed by atoms with Gasteiger partial charge in [0.25, 0.3) is 0 Å². The largest absolute Gasteiger partial charge is 0.325 e. The second-order valence-electron chi connectivity index (χ2n) is 4.65. The number of benzene rings is 1. The fourth-order valence-electron chi connectivity index (χ4n) is 1.66. The van der Waals surface area contributed by atoms with Crippen LogP contribution in [0.1, 0.15) is 31.1 Å². The van der Waals surface area contributed by atoms with Gasteiger partial charge in [0.2, 0.25) is 5.91 Å². The number of nitrogens with zero attached hydrogens (tertiary/aromatic N) is 2. The molecular formula is C15H17N3O2S3. The normalized spacial score (nSPS) is 12.0. The molecule has 0 bridgehead atoms. The molecule has 1 heterocycles. The highest BCUT2D eigenvalue weighted by molar-refractivity contribution is 8.03. The molecule has 122 valence electrons. The number of anilines is 1. The van der Waals surface area contributed by atoms with Crippen molar-refractivity contribution in [1.82, 2.24) is 10.2 Å². The van der Waals surface area contributed by atoms with Crippen LogP contribution in [0.15, 0.2) is 32.9 Å². The van der Waals surface area contributed by atoms with Gasteiger partial charge in [-0.3, -0.25) is 9.59 Å². The zero-order valence-corrected chi connectivity index (χ0v) is 15.5. The van der Waals surface area contributed by atoms with Crippen molar-refractivity contribution < 1.29 is 9.59 Å². The molecule has 0 unspecified atom stereocenters. The molecule has 2 rings (SSSR count). The molecule has 1 amide bonds. The standard InChI is InChI=1S/C15H17N3O2S3/c1-4-21-14-17-18-15(23-14)22-10(3)13(20)16-12-7-5-11(6-8-12)9(2)19/h5-8,10H,4H2,1-3H3,(H,16,20)/t10-/m0/s1. The van der Waals surface area contributed by atoms with Crippen LogP contribution in [-0.2, 0) is 4.79 Å². The number of ketones is 1. The molecule has 0 spiro atoms. The third kappa shape index (κ3) is 5.33. The van der Waals surface area contributed by atoms with E-state index in [9.17, 15) is 9.59 Å². The van der Waals surface area contributed by atoms with E-state index in [0.29, 0.717) is 11.3 Å². The van der Waals surface area contributed by atoms with Crippen molar-refractivity contribution in [3.05, 3.63) is 29.8 Å². The van der Waals surface area contributed by atoms with Crippen molar-refractivity contribution in [3.63, 3.8) is 0 Å². The van der Waals surface area contributed by atoms with Crippen molar-refractivity contribution in [2.24, 2.45) is 0 Å². The Kier molecular flexibility index (Phi) is 6.61. The quantitative estimate of drug-likeness (QED) is 0.590. The van der Waals surface area contributed by atoms with Crippen LogP contribution in [0.2, 0.25) is 0 Å². The lowest BCUT2D eigenvalue weighted by atomic mass is 10.1. The summed E-state index contributed by atoms with van der Waals surface area (Å²) in [4.78, 5) is 23.5. The van der Waals surface area contributed by atoms with Crippen LogP contribution in [-0.4, -0.2) is 32.9 Å². The molecule has 1 aromatic carbocycles. The minimum atomic E-state index is -0.282. The first-order chi connectivity index (χ1) is 11.0. The molecular weight excluding hydrogens is 350 g/mol. The predicted molar refractivity (Wildman–Crippen MR) is 96.7 cm³/mol. The average molecular weight is 368 g/mol. The Bertz CT molecular complexity index is 686. The summed E-state index contributed by atoms with van der Waals surface area (Å²) in [5.41, 5.74) is 1.30. The zero-order chi connectivity index (χ0) is 16.8. The molecule has 0 aliphatic heterocycles. The van der Waals surface area contributed by atoms with Gasteiger partial charge in [0.1, 0.15) is 0 Å². The highest BCUT2D eigenvalue weighted by Gasteiger charge is 2.17. The van der Waals surface area contributed by atoms with Gasteiger partial charge in [-0.2, -0.15) is 0 Å². The van der Waals surface area contributed by atoms with Crippen LogP contribution in [0.5, 0.6) is 0 Å². The van der Waals surface area contributed by atoms with Crippen LogP contribution >= 0.6 is 34.9 Å². The Balaban J connectivity index is 1.92. The minimum Gasteiger partial charge on any atom is -0.325 e. The smallest absolute Gasteiger partial charge is 0.237 e. The van der Waals surface area contributed by atoms with Gasteiger partial charge in [0, 0.05) is 11.3 Å². The van der Waals surface area contributed by atoms with E-state index in [2.05, 4.69) is 22.4 Å². The molecule has 2 aromatic rings. The third-order valence-corrected chi connectivity index (χ3v) is 5.98. The molecule has 0 fully saturated rings. The molecule has 8 heteroatoms. The molecule has 0 aliphatic carbocycles. The number of amides is 1. The number of hydrogen-bond donors (Lipinski definition) is 1. The zero-order valence-electron chi connectivity index (χ0n) is 13.0. The number of carbonyl (C=O) groups is 2. The maximum atomic E-state index is 12.2. The van der Waals surface area contributed by atoms with Gasteiger partial charge < -0.3 is 5.32 Å². The van der Waals surface area contributed by atoms with E-state index in [4.69, 9.17) is 0 Å². The van der Waals surface area contributed by atoms with Gasteiger partial charge >= 0.3 is 0 Å². The lowest BCUT2D eigenvalue weighted by Crippen LogP contribution is -2.22. The Morgan fingerprint density at radius 2 is 1.87 bits per heavy atom. The molecule has 0 aliphatic rings. The van der Waals surface area contributed by atoms with Gasteiger partial charge in [-0.25, -0.2) is 0 Å². The minimum absolute atomic E-state index is 0.00354. The summed E-state index contributed by atoms with van der Waals surface area (Å²) in [6.07, 6.45) is 0. The van der Waals surface area contributed by atoms with E-state index in [-0.39, 0.29) is 16.9 Å². The van der Waals surface area contributed by atoms with Crippen LogP contribution in [0.25, 0.3) is 0 Å². The first-order valence-corrected chi connectivity index (χ1v) is 9.72. The van der Waals surface area contributed by atoms with Crippen molar-refractivity contribution in [2.75, 3.05) is 11.1 Å². The Morgan fingerprint density at radius 1 is 1.22 bits per heavy atom. The van der Waals surface area contributed by atoms with Crippen molar-refractivity contribution in [1.29, 1.82) is 0 Å². The number of thioether (sulfide) groups is 2. The highest BCUT2D eigenvalue weighted by Crippen LogP contribution is 2.31. The topological polar surface area (TPSA) is 72.0 Å². The highest BCUT2D eigenvalue weighted by atomic mass is 32.2. The van der Waals surface area contributed by atoms with E-state index in [1.54, 1.807) is 36.0 Å². The number of carbonyl (C=O) groups excluding carboxylic acids is 2.